The SMILES string of the molecule is CCNCC1(Cc2ccc(O)cc2)CCOC1C. The minimum absolute atomic E-state index is 0.187. The van der Waals surface area contributed by atoms with Crippen LogP contribution in [-0.2, 0) is 11.2 Å². The van der Waals surface area contributed by atoms with E-state index >= 15 is 0 Å². The van der Waals surface area contributed by atoms with Gasteiger partial charge in [0, 0.05) is 18.6 Å². The first-order chi connectivity index (χ1) is 8.66. The van der Waals surface area contributed by atoms with Crippen LogP contribution in [0.4, 0.5) is 0 Å². The van der Waals surface area contributed by atoms with Gasteiger partial charge in [0.05, 0.1) is 6.10 Å². The van der Waals surface area contributed by atoms with E-state index in [1.54, 1.807) is 12.1 Å². The summed E-state index contributed by atoms with van der Waals surface area (Å²) < 4.78 is 5.77. The normalized spacial score (nSPS) is 27.6. The summed E-state index contributed by atoms with van der Waals surface area (Å²) in [6.45, 7) is 7.14. The molecule has 1 fully saturated rings. The van der Waals surface area contributed by atoms with Crippen LogP contribution in [0.15, 0.2) is 24.3 Å². The van der Waals surface area contributed by atoms with Crippen LogP contribution in [0.5, 0.6) is 5.75 Å². The van der Waals surface area contributed by atoms with Gasteiger partial charge in [-0.3, -0.25) is 0 Å². The molecule has 1 aliphatic rings. The highest BCUT2D eigenvalue weighted by Gasteiger charge is 2.40. The highest BCUT2D eigenvalue weighted by molar-refractivity contribution is 5.27. The van der Waals surface area contributed by atoms with Gasteiger partial charge in [0.2, 0.25) is 0 Å². The summed E-state index contributed by atoms with van der Waals surface area (Å²) >= 11 is 0. The Hall–Kier alpha value is -1.06. The number of hydrogen-bond acceptors (Lipinski definition) is 3. The van der Waals surface area contributed by atoms with Crippen molar-refractivity contribution in [1.82, 2.24) is 5.32 Å². The van der Waals surface area contributed by atoms with Gasteiger partial charge in [0.15, 0.2) is 0 Å². The molecule has 0 bridgehead atoms. The Balaban J connectivity index is 2.12. The Kier molecular flexibility index (Phi) is 4.25. The summed E-state index contributed by atoms with van der Waals surface area (Å²) in [6.07, 6.45) is 2.38. The van der Waals surface area contributed by atoms with E-state index in [0.29, 0.717) is 5.75 Å². The number of nitrogens with one attached hydrogen (secondary N) is 1. The fourth-order valence-corrected chi connectivity index (χ4v) is 2.74. The fraction of sp³-hybridized carbons (Fsp3) is 0.600. The highest BCUT2D eigenvalue weighted by atomic mass is 16.5. The average Bonchev–Trinajstić information content (AvgIpc) is 2.72. The van der Waals surface area contributed by atoms with Gasteiger partial charge in [0.25, 0.3) is 0 Å². The molecule has 1 heterocycles. The van der Waals surface area contributed by atoms with Crippen LogP contribution in [0, 0.1) is 5.41 Å². The predicted octanol–water partition coefficient (Wildman–Crippen LogP) is 2.34. The Morgan fingerprint density at radius 1 is 1.39 bits per heavy atom. The molecular weight excluding hydrogens is 226 g/mol. The van der Waals surface area contributed by atoms with Gasteiger partial charge in [-0.25, -0.2) is 0 Å². The summed E-state index contributed by atoms with van der Waals surface area (Å²) in [5, 5.41) is 12.8. The molecule has 2 atom stereocenters. The first-order valence-electron chi connectivity index (χ1n) is 6.76. The van der Waals surface area contributed by atoms with E-state index in [-0.39, 0.29) is 11.5 Å². The predicted molar refractivity (Wildman–Crippen MR) is 72.8 cm³/mol. The molecule has 0 aliphatic carbocycles. The Morgan fingerprint density at radius 3 is 2.67 bits per heavy atom. The first kappa shape index (κ1) is 13.4. The largest absolute Gasteiger partial charge is 0.508 e. The van der Waals surface area contributed by atoms with E-state index in [2.05, 4.69) is 19.2 Å². The molecule has 0 amide bonds. The number of benzene rings is 1. The number of aromatic hydroxyl groups is 1. The lowest BCUT2D eigenvalue weighted by molar-refractivity contribution is 0.0633. The fourth-order valence-electron chi connectivity index (χ4n) is 2.74. The average molecular weight is 249 g/mol. The van der Waals surface area contributed by atoms with E-state index in [0.717, 1.165) is 32.5 Å². The number of rotatable bonds is 5. The van der Waals surface area contributed by atoms with Crippen molar-refractivity contribution in [2.24, 2.45) is 5.41 Å². The zero-order valence-electron chi connectivity index (χ0n) is 11.3. The zero-order valence-corrected chi connectivity index (χ0v) is 11.3. The van der Waals surface area contributed by atoms with Crippen LogP contribution in [-0.4, -0.2) is 30.9 Å². The Morgan fingerprint density at radius 2 is 2.11 bits per heavy atom. The van der Waals surface area contributed by atoms with Crippen LogP contribution in [0.2, 0.25) is 0 Å². The third-order valence-electron chi connectivity index (χ3n) is 4.05. The minimum Gasteiger partial charge on any atom is -0.508 e. The lowest BCUT2D eigenvalue weighted by Crippen LogP contribution is -2.41. The lowest BCUT2D eigenvalue weighted by Gasteiger charge is -2.32. The lowest BCUT2D eigenvalue weighted by atomic mass is 9.76. The molecular formula is C15H23NO2. The monoisotopic (exact) mass is 249 g/mol. The molecule has 3 nitrogen and oxygen atoms in total. The van der Waals surface area contributed by atoms with E-state index in [1.165, 1.54) is 5.56 Å². The maximum atomic E-state index is 9.34. The van der Waals surface area contributed by atoms with E-state index < -0.39 is 0 Å². The minimum atomic E-state index is 0.187. The molecule has 18 heavy (non-hydrogen) atoms. The molecule has 0 radical (unpaired) electrons. The van der Waals surface area contributed by atoms with Crippen LogP contribution in [0.1, 0.15) is 25.8 Å². The van der Waals surface area contributed by atoms with Gasteiger partial charge in [-0.1, -0.05) is 19.1 Å². The molecule has 3 heteroatoms. The molecule has 1 aromatic rings. The molecule has 1 aromatic carbocycles. The molecule has 1 aliphatic heterocycles. The van der Waals surface area contributed by atoms with Gasteiger partial charge >= 0.3 is 0 Å². The van der Waals surface area contributed by atoms with Gasteiger partial charge in [-0.05, 0) is 44.0 Å². The molecule has 0 saturated carbocycles. The standard InChI is InChI=1S/C15H23NO2/c1-3-16-11-15(8-9-18-12(15)2)10-13-4-6-14(17)7-5-13/h4-7,12,16-17H,3,8-11H2,1-2H3. The van der Waals surface area contributed by atoms with Crippen LogP contribution in [0.3, 0.4) is 0 Å². The molecule has 2 unspecified atom stereocenters. The third kappa shape index (κ3) is 2.85. The number of phenolic OH excluding ortho intramolecular Hbond substituents is 1. The maximum absolute atomic E-state index is 9.34. The second-order valence-corrected chi connectivity index (χ2v) is 5.25. The van der Waals surface area contributed by atoms with Crippen molar-refractivity contribution in [3.8, 4) is 5.75 Å². The van der Waals surface area contributed by atoms with Crippen LogP contribution in [0.25, 0.3) is 0 Å². The summed E-state index contributed by atoms with van der Waals surface area (Å²) in [4.78, 5) is 0. The van der Waals surface area contributed by atoms with E-state index in [9.17, 15) is 5.11 Å². The van der Waals surface area contributed by atoms with Crippen molar-refractivity contribution in [2.45, 2.75) is 32.8 Å². The van der Waals surface area contributed by atoms with E-state index in [4.69, 9.17) is 4.74 Å². The van der Waals surface area contributed by atoms with Crippen molar-refractivity contribution < 1.29 is 9.84 Å². The number of phenols is 1. The van der Waals surface area contributed by atoms with Crippen molar-refractivity contribution in [3.63, 3.8) is 0 Å². The summed E-state index contributed by atoms with van der Waals surface area (Å²) in [6, 6.07) is 7.54. The molecule has 0 aromatic heterocycles. The quantitative estimate of drug-likeness (QED) is 0.841. The van der Waals surface area contributed by atoms with Crippen molar-refractivity contribution >= 4 is 0 Å². The number of hydrogen-bond donors (Lipinski definition) is 2. The number of ether oxygens (including phenoxy) is 1. The summed E-state index contributed by atoms with van der Waals surface area (Å²) in [5.41, 5.74) is 1.45. The Bertz CT molecular complexity index is 377. The van der Waals surface area contributed by atoms with Crippen molar-refractivity contribution in [3.05, 3.63) is 29.8 Å². The molecule has 1 saturated heterocycles. The third-order valence-corrected chi connectivity index (χ3v) is 4.05. The molecule has 2 rings (SSSR count). The summed E-state index contributed by atoms with van der Waals surface area (Å²) in [7, 11) is 0. The van der Waals surface area contributed by atoms with Gasteiger partial charge in [-0.15, -0.1) is 0 Å². The second-order valence-electron chi connectivity index (χ2n) is 5.25. The molecule has 2 N–H and O–H groups in total. The van der Waals surface area contributed by atoms with Gasteiger partial charge in [-0.2, -0.15) is 0 Å². The first-order valence-corrected chi connectivity index (χ1v) is 6.76. The summed E-state index contributed by atoms with van der Waals surface area (Å²) in [5.74, 6) is 0.329. The highest BCUT2D eigenvalue weighted by Crippen LogP contribution is 2.37. The zero-order chi connectivity index (χ0) is 13.0. The van der Waals surface area contributed by atoms with Crippen LogP contribution >= 0.6 is 0 Å². The Labute approximate surface area is 109 Å². The molecule has 0 spiro atoms. The van der Waals surface area contributed by atoms with Gasteiger partial charge < -0.3 is 15.2 Å². The van der Waals surface area contributed by atoms with Crippen LogP contribution < -0.4 is 5.32 Å². The smallest absolute Gasteiger partial charge is 0.115 e. The van der Waals surface area contributed by atoms with Gasteiger partial charge in [0.1, 0.15) is 5.75 Å². The van der Waals surface area contributed by atoms with E-state index in [1.807, 2.05) is 12.1 Å². The topological polar surface area (TPSA) is 41.5 Å². The van der Waals surface area contributed by atoms with Crippen molar-refractivity contribution in [2.75, 3.05) is 19.7 Å². The maximum Gasteiger partial charge on any atom is 0.115 e. The van der Waals surface area contributed by atoms with Crippen molar-refractivity contribution in [1.29, 1.82) is 0 Å². The second kappa shape index (κ2) is 5.72. The molecule has 100 valence electrons.